The summed E-state index contributed by atoms with van der Waals surface area (Å²) < 4.78 is 29.5. The van der Waals surface area contributed by atoms with Crippen LogP contribution >= 0.6 is 0 Å². The maximum absolute atomic E-state index is 6.52. The van der Waals surface area contributed by atoms with Gasteiger partial charge in [-0.15, -0.1) is 0 Å². The second-order valence-corrected chi connectivity index (χ2v) is 14.4. The number of rotatable bonds is 11. The van der Waals surface area contributed by atoms with Gasteiger partial charge in [-0.25, -0.2) is 0 Å². The highest BCUT2D eigenvalue weighted by Crippen LogP contribution is 2.40. The Morgan fingerprint density at radius 2 is 1.72 bits per heavy atom. The second-order valence-electron chi connectivity index (χ2n) is 9.62. The molecule has 1 saturated carbocycles. The minimum Gasteiger partial charge on any atom is -0.416 e. The lowest BCUT2D eigenvalue weighted by atomic mass is 10.0. The number of hydrogen-bond donors (Lipinski definition) is 0. The molecule has 5 nitrogen and oxygen atoms in total. The molecule has 0 spiro atoms. The third-order valence-corrected chi connectivity index (χ3v) is 10.9. The molecule has 6 heteroatoms. The zero-order valence-corrected chi connectivity index (χ0v) is 20.3. The zero-order valence-electron chi connectivity index (χ0n) is 19.3. The quantitative estimate of drug-likeness (QED) is 0.277. The third-order valence-electron chi connectivity index (χ3n) is 6.42. The van der Waals surface area contributed by atoms with Crippen molar-refractivity contribution in [1.82, 2.24) is 0 Å². The second kappa shape index (κ2) is 11.0. The minimum absolute atomic E-state index is 0.0531. The van der Waals surface area contributed by atoms with Crippen LogP contribution in [-0.4, -0.2) is 47.8 Å². The van der Waals surface area contributed by atoms with E-state index in [1.807, 2.05) is 18.2 Å². The van der Waals surface area contributed by atoms with E-state index in [1.165, 1.54) is 0 Å². The Kier molecular flexibility index (Phi) is 9.32. The van der Waals surface area contributed by atoms with E-state index < -0.39 is 8.32 Å². The molecule has 1 aliphatic rings. The predicted molar refractivity (Wildman–Crippen MR) is 118 cm³/mol. The van der Waals surface area contributed by atoms with Crippen molar-refractivity contribution in [1.29, 1.82) is 0 Å². The van der Waals surface area contributed by atoms with Crippen molar-refractivity contribution in [2.45, 2.75) is 71.1 Å². The van der Waals surface area contributed by atoms with Gasteiger partial charge >= 0.3 is 0 Å². The van der Waals surface area contributed by atoms with Crippen LogP contribution in [0.15, 0.2) is 30.3 Å². The molecule has 0 aromatic heterocycles. The summed E-state index contributed by atoms with van der Waals surface area (Å²) in [6.45, 7) is 15.4. The van der Waals surface area contributed by atoms with Gasteiger partial charge in [0.1, 0.15) is 13.6 Å². The van der Waals surface area contributed by atoms with Crippen molar-refractivity contribution < 1.29 is 23.4 Å². The van der Waals surface area contributed by atoms with Crippen molar-refractivity contribution in [3.63, 3.8) is 0 Å². The monoisotopic (exact) mass is 424 g/mol. The normalized spacial score (nSPS) is 25.5. The van der Waals surface area contributed by atoms with E-state index in [2.05, 4.69) is 52.9 Å². The lowest BCUT2D eigenvalue weighted by Crippen LogP contribution is -2.43. The fourth-order valence-corrected chi connectivity index (χ4v) is 4.57. The van der Waals surface area contributed by atoms with Crippen molar-refractivity contribution >= 4 is 8.32 Å². The summed E-state index contributed by atoms with van der Waals surface area (Å²) in [6.07, 6.45) is 1.09. The standard InChI is InChI=1S/C23H40O5Si/c1-18-21(26-16-24-5)13-20(15-28-29(6,7)23(2,3)4)22(18)27-17-25-14-19-11-9-8-10-12-19/h8-12,18,20-22H,13-17H2,1-7H3/t18?,20-,21?,22+/m0/s1. The van der Waals surface area contributed by atoms with Gasteiger partial charge in [0.2, 0.25) is 0 Å². The van der Waals surface area contributed by atoms with Gasteiger partial charge in [-0.1, -0.05) is 58.0 Å². The molecular weight excluding hydrogens is 384 g/mol. The van der Waals surface area contributed by atoms with Crippen molar-refractivity contribution in [2.24, 2.45) is 11.8 Å². The van der Waals surface area contributed by atoms with E-state index >= 15 is 0 Å². The van der Waals surface area contributed by atoms with Crippen molar-refractivity contribution in [3.05, 3.63) is 35.9 Å². The van der Waals surface area contributed by atoms with E-state index in [0.29, 0.717) is 25.9 Å². The largest absolute Gasteiger partial charge is 0.416 e. The lowest BCUT2D eigenvalue weighted by molar-refractivity contribution is -0.132. The Labute approximate surface area is 178 Å². The summed E-state index contributed by atoms with van der Waals surface area (Å²) in [5.41, 5.74) is 1.15. The van der Waals surface area contributed by atoms with Gasteiger partial charge in [0.05, 0.1) is 18.8 Å². The van der Waals surface area contributed by atoms with Crippen LogP contribution in [0.5, 0.6) is 0 Å². The van der Waals surface area contributed by atoms with E-state index in [0.717, 1.165) is 12.0 Å². The van der Waals surface area contributed by atoms with E-state index in [9.17, 15) is 0 Å². The number of benzene rings is 1. The average Bonchev–Trinajstić information content (AvgIpc) is 2.97. The van der Waals surface area contributed by atoms with Crippen LogP contribution in [0.25, 0.3) is 0 Å². The number of hydrogen-bond acceptors (Lipinski definition) is 5. The minimum atomic E-state index is -1.81. The van der Waals surface area contributed by atoms with Crippen LogP contribution in [0.1, 0.15) is 39.7 Å². The summed E-state index contributed by atoms with van der Waals surface area (Å²) >= 11 is 0. The fraction of sp³-hybridized carbons (Fsp3) is 0.739. The molecule has 2 unspecified atom stereocenters. The molecule has 1 fully saturated rings. The summed E-state index contributed by atoms with van der Waals surface area (Å²) in [7, 11) is -0.150. The maximum Gasteiger partial charge on any atom is 0.191 e. The molecule has 1 aromatic carbocycles. The smallest absolute Gasteiger partial charge is 0.191 e. The summed E-state index contributed by atoms with van der Waals surface area (Å²) in [4.78, 5) is 0. The molecule has 1 aromatic rings. The highest BCUT2D eigenvalue weighted by Gasteiger charge is 2.44. The van der Waals surface area contributed by atoms with Gasteiger partial charge in [-0.3, -0.25) is 0 Å². The molecule has 0 bridgehead atoms. The number of ether oxygens (including phenoxy) is 4. The maximum atomic E-state index is 6.52. The summed E-state index contributed by atoms with van der Waals surface area (Å²) in [6, 6.07) is 10.2. The first kappa shape index (κ1) is 24.5. The summed E-state index contributed by atoms with van der Waals surface area (Å²) in [5, 5.41) is 0.193. The molecular formula is C23H40O5Si. The Balaban J connectivity index is 1.92. The fourth-order valence-electron chi connectivity index (χ4n) is 3.51. The van der Waals surface area contributed by atoms with Gasteiger partial charge in [-0.2, -0.15) is 0 Å². The number of methoxy groups -OCH3 is 1. The molecule has 1 aliphatic carbocycles. The van der Waals surface area contributed by atoms with E-state index in [4.69, 9.17) is 23.4 Å². The van der Waals surface area contributed by atoms with E-state index in [1.54, 1.807) is 7.11 Å². The molecule has 0 N–H and O–H groups in total. The van der Waals surface area contributed by atoms with Gasteiger partial charge in [0.25, 0.3) is 0 Å². The molecule has 4 atom stereocenters. The molecule has 0 aliphatic heterocycles. The van der Waals surface area contributed by atoms with Crippen LogP contribution in [0.2, 0.25) is 18.1 Å². The van der Waals surface area contributed by atoms with Crippen molar-refractivity contribution in [2.75, 3.05) is 27.3 Å². The van der Waals surface area contributed by atoms with Gasteiger partial charge in [0, 0.05) is 25.6 Å². The lowest BCUT2D eigenvalue weighted by Gasteiger charge is -2.37. The van der Waals surface area contributed by atoms with Crippen LogP contribution < -0.4 is 0 Å². The van der Waals surface area contributed by atoms with Gasteiger partial charge < -0.3 is 23.4 Å². The Morgan fingerprint density at radius 1 is 1.03 bits per heavy atom. The third kappa shape index (κ3) is 7.16. The highest BCUT2D eigenvalue weighted by atomic mass is 28.4. The molecule has 2 rings (SSSR count). The molecule has 0 heterocycles. The van der Waals surface area contributed by atoms with E-state index in [-0.39, 0.29) is 30.0 Å². The zero-order chi connectivity index (χ0) is 21.5. The van der Waals surface area contributed by atoms with Gasteiger partial charge in [-0.05, 0) is 30.1 Å². The predicted octanol–water partition coefficient (Wildman–Crippen LogP) is 5.21. The Morgan fingerprint density at radius 3 is 2.34 bits per heavy atom. The van der Waals surface area contributed by atoms with Gasteiger partial charge in [0.15, 0.2) is 8.32 Å². The van der Waals surface area contributed by atoms with Crippen LogP contribution in [0.3, 0.4) is 0 Å². The Bertz CT molecular complexity index is 587. The first-order valence-corrected chi connectivity index (χ1v) is 13.5. The topological polar surface area (TPSA) is 46.2 Å². The Hall–Kier alpha value is -0.763. The van der Waals surface area contributed by atoms with Crippen molar-refractivity contribution in [3.8, 4) is 0 Å². The molecule has 0 saturated heterocycles. The summed E-state index contributed by atoms with van der Waals surface area (Å²) in [5.74, 6) is 0.555. The highest BCUT2D eigenvalue weighted by molar-refractivity contribution is 6.74. The van der Waals surface area contributed by atoms with Crippen LogP contribution in [0, 0.1) is 11.8 Å². The molecule has 29 heavy (non-hydrogen) atoms. The van der Waals surface area contributed by atoms with Crippen LogP contribution in [-0.2, 0) is 30.0 Å². The average molecular weight is 425 g/mol. The first-order valence-electron chi connectivity index (χ1n) is 10.6. The molecule has 166 valence electrons. The molecule has 0 radical (unpaired) electrons. The van der Waals surface area contributed by atoms with Crippen LogP contribution in [0.4, 0.5) is 0 Å². The SMILES string of the molecule is COCOC1C[C@@H](CO[Si](C)(C)C(C)(C)C)[C@H](OCOCc2ccccc2)C1C. The first-order chi connectivity index (χ1) is 13.7. The molecule has 0 amide bonds.